The molecule has 1 heterocycles. The highest BCUT2D eigenvalue weighted by atomic mass is 15.1. The van der Waals surface area contributed by atoms with E-state index in [1.807, 2.05) is 0 Å². The van der Waals surface area contributed by atoms with Gasteiger partial charge in [0.25, 0.3) is 0 Å². The maximum Gasteiger partial charge on any atom is 0.000661 e. The molecular weight excluding hydrogens is 158 g/mol. The molecule has 1 aliphatic rings. The molecule has 1 unspecified atom stereocenters. The van der Waals surface area contributed by atoms with E-state index in [4.69, 9.17) is 0 Å². The topological polar surface area (TPSA) is 3.24 Å². The molecule has 1 nitrogen and oxygen atoms in total. The van der Waals surface area contributed by atoms with E-state index in [9.17, 15) is 0 Å². The van der Waals surface area contributed by atoms with Gasteiger partial charge in [-0.05, 0) is 44.7 Å². The molecule has 1 aliphatic heterocycles. The smallest absolute Gasteiger partial charge is 0.000661 e. The molecule has 13 heavy (non-hydrogen) atoms. The number of rotatable bonds is 4. The molecule has 0 radical (unpaired) electrons. The molecule has 0 aliphatic carbocycles. The van der Waals surface area contributed by atoms with Crippen LogP contribution in [0.5, 0.6) is 0 Å². The summed E-state index contributed by atoms with van der Waals surface area (Å²) in [6.45, 7) is 7.32. The van der Waals surface area contributed by atoms with Crippen molar-refractivity contribution in [3.8, 4) is 0 Å². The average Bonchev–Trinajstić information content (AvgIpc) is 2.03. The first-order valence-electron chi connectivity index (χ1n) is 5.87. The zero-order valence-corrected chi connectivity index (χ0v) is 9.55. The van der Waals surface area contributed by atoms with Crippen LogP contribution in [0.15, 0.2) is 0 Å². The predicted molar refractivity (Wildman–Crippen MR) is 58.9 cm³/mol. The number of nitrogens with zero attached hydrogens (tertiary/aromatic N) is 1. The molecule has 1 rings (SSSR count). The van der Waals surface area contributed by atoms with Gasteiger partial charge in [0.05, 0.1) is 0 Å². The predicted octanol–water partition coefficient (Wildman–Crippen LogP) is 3.15. The van der Waals surface area contributed by atoms with Crippen molar-refractivity contribution in [3.63, 3.8) is 0 Å². The van der Waals surface area contributed by atoms with Crippen molar-refractivity contribution in [2.75, 3.05) is 20.1 Å². The van der Waals surface area contributed by atoms with Gasteiger partial charge in [-0.25, -0.2) is 0 Å². The number of piperidine rings is 1. The zero-order valence-electron chi connectivity index (χ0n) is 9.55. The molecule has 1 atom stereocenters. The number of hydrogen-bond acceptors (Lipinski definition) is 1. The number of hydrogen-bond donors (Lipinski definition) is 0. The Kier molecular flexibility index (Phi) is 4.79. The molecule has 1 fully saturated rings. The molecule has 78 valence electrons. The number of likely N-dealkylation sites (tertiary alicyclic amines) is 1. The fourth-order valence-electron chi connectivity index (χ4n) is 2.32. The highest BCUT2D eigenvalue weighted by Crippen LogP contribution is 2.21. The first kappa shape index (κ1) is 11.0. The van der Waals surface area contributed by atoms with Crippen LogP contribution in [0.1, 0.15) is 46.0 Å². The molecule has 0 amide bonds. The monoisotopic (exact) mass is 183 g/mol. The van der Waals surface area contributed by atoms with Crippen LogP contribution in [-0.2, 0) is 0 Å². The lowest BCUT2D eigenvalue weighted by Crippen LogP contribution is -2.31. The van der Waals surface area contributed by atoms with Crippen LogP contribution in [0.2, 0.25) is 0 Å². The Labute approximate surface area is 83.5 Å². The fourth-order valence-corrected chi connectivity index (χ4v) is 2.32. The van der Waals surface area contributed by atoms with E-state index >= 15 is 0 Å². The van der Waals surface area contributed by atoms with Crippen molar-refractivity contribution in [1.29, 1.82) is 0 Å². The van der Waals surface area contributed by atoms with E-state index in [2.05, 4.69) is 25.8 Å². The van der Waals surface area contributed by atoms with Crippen molar-refractivity contribution in [2.45, 2.75) is 46.0 Å². The van der Waals surface area contributed by atoms with Crippen molar-refractivity contribution in [1.82, 2.24) is 4.90 Å². The Bertz CT molecular complexity index is 131. The van der Waals surface area contributed by atoms with Gasteiger partial charge in [-0.1, -0.05) is 26.7 Å². The minimum absolute atomic E-state index is 0.890. The summed E-state index contributed by atoms with van der Waals surface area (Å²) in [7, 11) is 2.26. The summed E-state index contributed by atoms with van der Waals surface area (Å²) in [6.07, 6.45) is 7.21. The third kappa shape index (κ3) is 4.66. The van der Waals surface area contributed by atoms with Crippen molar-refractivity contribution >= 4 is 0 Å². The van der Waals surface area contributed by atoms with Gasteiger partial charge in [0.15, 0.2) is 0 Å². The summed E-state index contributed by atoms with van der Waals surface area (Å²) in [5.41, 5.74) is 0. The lowest BCUT2D eigenvalue weighted by atomic mass is 9.91. The van der Waals surface area contributed by atoms with Crippen LogP contribution in [-0.4, -0.2) is 25.0 Å². The van der Waals surface area contributed by atoms with Crippen molar-refractivity contribution in [2.24, 2.45) is 11.8 Å². The van der Waals surface area contributed by atoms with Gasteiger partial charge in [-0.15, -0.1) is 0 Å². The first-order valence-corrected chi connectivity index (χ1v) is 5.87. The Balaban J connectivity index is 2.06. The van der Waals surface area contributed by atoms with E-state index in [0.717, 1.165) is 11.8 Å². The maximum atomic E-state index is 2.49. The maximum absolute atomic E-state index is 2.49. The second-order valence-electron chi connectivity index (χ2n) is 5.10. The van der Waals surface area contributed by atoms with E-state index in [1.54, 1.807) is 0 Å². The van der Waals surface area contributed by atoms with Gasteiger partial charge in [-0.2, -0.15) is 0 Å². The minimum atomic E-state index is 0.890. The van der Waals surface area contributed by atoms with Crippen molar-refractivity contribution < 1.29 is 0 Å². The molecule has 0 aromatic rings. The molecule has 1 saturated heterocycles. The van der Waals surface area contributed by atoms with Gasteiger partial charge in [0.2, 0.25) is 0 Å². The van der Waals surface area contributed by atoms with Gasteiger partial charge in [0.1, 0.15) is 0 Å². The van der Waals surface area contributed by atoms with Crippen molar-refractivity contribution in [3.05, 3.63) is 0 Å². The Morgan fingerprint density at radius 3 is 2.77 bits per heavy atom. The molecule has 0 bridgehead atoms. The third-order valence-corrected chi connectivity index (χ3v) is 3.12. The van der Waals surface area contributed by atoms with Crippen LogP contribution in [0.4, 0.5) is 0 Å². The van der Waals surface area contributed by atoms with Gasteiger partial charge >= 0.3 is 0 Å². The average molecular weight is 183 g/mol. The third-order valence-electron chi connectivity index (χ3n) is 3.12. The highest BCUT2D eigenvalue weighted by molar-refractivity contribution is 4.70. The molecule has 0 saturated carbocycles. The molecule has 0 aromatic carbocycles. The Hall–Kier alpha value is -0.0400. The summed E-state index contributed by atoms with van der Waals surface area (Å²) in [4.78, 5) is 2.49. The van der Waals surface area contributed by atoms with E-state index in [1.165, 1.54) is 45.2 Å². The first-order chi connectivity index (χ1) is 6.18. The van der Waals surface area contributed by atoms with Crippen LogP contribution < -0.4 is 0 Å². The molecule has 1 heteroatoms. The second-order valence-corrected chi connectivity index (χ2v) is 5.10. The van der Waals surface area contributed by atoms with E-state index in [-0.39, 0.29) is 0 Å². The van der Waals surface area contributed by atoms with E-state index in [0.29, 0.717) is 0 Å². The van der Waals surface area contributed by atoms with Gasteiger partial charge in [-0.3, -0.25) is 0 Å². The normalized spacial score (nSPS) is 25.4. The van der Waals surface area contributed by atoms with Crippen LogP contribution in [0.25, 0.3) is 0 Å². The molecular formula is C12H25N. The largest absolute Gasteiger partial charge is 0.306 e. The summed E-state index contributed by atoms with van der Waals surface area (Å²) < 4.78 is 0. The summed E-state index contributed by atoms with van der Waals surface area (Å²) >= 11 is 0. The lowest BCUT2D eigenvalue weighted by Gasteiger charge is -2.29. The fraction of sp³-hybridized carbons (Fsp3) is 1.00. The highest BCUT2D eigenvalue weighted by Gasteiger charge is 2.16. The Morgan fingerprint density at radius 2 is 2.15 bits per heavy atom. The second kappa shape index (κ2) is 5.64. The molecule has 0 spiro atoms. The van der Waals surface area contributed by atoms with Gasteiger partial charge in [0, 0.05) is 6.54 Å². The lowest BCUT2D eigenvalue weighted by molar-refractivity contribution is 0.198. The standard InChI is InChI=1S/C12H25N/c1-11(2)6-4-7-12-8-5-9-13(3)10-12/h11-12H,4-10H2,1-3H3. The van der Waals surface area contributed by atoms with Crippen LogP contribution in [0, 0.1) is 11.8 Å². The molecule has 0 N–H and O–H groups in total. The van der Waals surface area contributed by atoms with Crippen LogP contribution >= 0.6 is 0 Å². The Morgan fingerprint density at radius 1 is 1.38 bits per heavy atom. The van der Waals surface area contributed by atoms with E-state index < -0.39 is 0 Å². The van der Waals surface area contributed by atoms with Gasteiger partial charge < -0.3 is 4.90 Å². The zero-order chi connectivity index (χ0) is 9.68. The minimum Gasteiger partial charge on any atom is -0.306 e. The summed E-state index contributed by atoms with van der Waals surface area (Å²) in [6, 6.07) is 0. The summed E-state index contributed by atoms with van der Waals surface area (Å²) in [5, 5.41) is 0. The molecule has 0 aromatic heterocycles. The SMILES string of the molecule is CC(C)CCCC1CCCN(C)C1. The quantitative estimate of drug-likeness (QED) is 0.647. The van der Waals surface area contributed by atoms with Crippen LogP contribution in [0.3, 0.4) is 0 Å². The summed E-state index contributed by atoms with van der Waals surface area (Å²) in [5.74, 6) is 1.89.